The van der Waals surface area contributed by atoms with Crippen molar-refractivity contribution in [3.8, 4) is 0 Å². The number of aliphatic carboxylic acids is 1. The summed E-state index contributed by atoms with van der Waals surface area (Å²) in [5, 5.41) is 9.46. The van der Waals surface area contributed by atoms with Crippen molar-refractivity contribution >= 4 is 24.2 Å². The lowest BCUT2D eigenvalue weighted by atomic mass is 9.69. The molecule has 2 aromatic carbocycles. The van der Waals surface area contributed by atoms with E-state index in [-0.39, 0.29) is 36.1 Å². The Bertz CT molecular complexity index is 741. The number of Topliss-reactive ketones (excluding diaryl/α,β-unsaturated/α-hetero) is 1. The maximum absolute atomic E-state index is 13.2. The highest BCUT2D eigenvalue weighted by Crippen LogP contribution is 2.41. The highest BCUT2D eigenvalue weighted by atomic mass is 35.5. The molecule has 2 bridgehead atoms. The Morgan fingerprint density at radius 2 is 1.54 bits per heavy atom. The number of piperidine rings is 3. The average Bonchev–Trinajstić information content (AvgIpc) is 2.66. The summed E-state index contributed by atoms with van der Waals surface area (Å²) in [6.07, 6.45) is 0.655. The smallest absolute Gasteiger partial charge is 0.308 e. The minimum atomic E-state index is -0.850. The van der Waals surface area contributed by atoms with Crippen LogP contribution in [0, 0.1) is 11.8 Å². The highest BCUT2D eigenvalue weighted by molar-refractivity contribution is 5.93. The molecule has 2 aromatic rings. The Hall–Kier alpha value is -2.17. The molecule has 5 heteroatoms. The first-order valence-electron chi connectivity index (χ1n) is 8.77. The van der Waals surface area contributed by atoms with Crippen molar-refractivity contribution in [2.75, 3.05) is 13.1 Å². The second-order valence-electron chi connectivity index (χ2n) is 6.98. The van der Waals surface area contributed by atoms with E-state index in [0.29, 0.717) is 13.0 Å². The van der Waals surface area contributed by atoms with E-state index < -0.39 is 11.9 Å². The van der Waals surface area contributed by atoms with E-state index >= 15 is 0 Å². The predicted octanol–water partition coefficient (Wildman–Crippen LogP) is 3.21. The quantitative estimate of drug-likeness (QED) is 0.896. The van der Waals surface area contributed by atoms with Gasteiger partial charge in [-0.1, -0.05) is 60.7 Å². The second kappa shape index (κ2) is 7.60. The van der Waals surface area contributed by atoms with Crippen molar-refractivity contribution in [1.82, 2.24) is 4.90 Å². The maximum Gasteiger partial charge on any atom is 0.308 e. The fourth-order valence-electron chi connectivity index (χ4n) is 4.47. The Morgan fingerprint density at radius 1 is 1.00 bits per heavy atom. The van der Waals surface area contributed by atoms with Crippen molar-refractivity contribution in [1.29, 1.82) is 0 Å². The van der Waals surface area contributed by atoms with Gasteiger partial charge in [-0.05, 0) is 24.1 Å². The van der Waals surface area contributed by atoms with Gasteiger partial charge in [0.2, 0.25) is 0 Å². The van der Waals surface area contributed by atoms with Crippen LogP contribution in [-0.2, 0) is 9.59 Å². The van der Waals surface area contributed by atoms with Crippen LogP contribution in [0.5, 0.6) is 0 Å². The molecular weight excluding hydrogens is 350 g/mol. The first-order chi connectivity index (χ1) is 12.2. The number of carbonyl (C=O) groups is 2. The maximum atomic E-state index is 13.2. The summed E-state index contributed by atoms with van der Waals surface area (Å²) in [5.41, 5.74) is 2.21. The predicted molar refractivity (Wildman–Crippen MR) is 102 cm³/mol. The van der Waals surface area contributed by atoms with E-state index in [1.807, 2.05) is 36.4 Å². The van der Waals surface area contributed by atoms with Crippen LogP contribution in [0.2, 0.25) is 0 Å². The van der Waals surface area contributed by atoms with Gasteiger partial charge in [-0.3, -0.25) is 14.5 Å². The van der Waals surface area contributed by atoms with Gasteiger partial charge >= 0.3 is 5.97 Å². The average molecular weight is 372 g/mol. The topological polar surface area (TPSA) is 57.6 Å². The third kappa shape index (κ3) is 3.15. The Kier molecular flexibility index (Phi) is 5.44. The molecule has 0 aromatic heterocycles. The van der Waals surface area contributed by atoms with Gasteiger partial charge in [0.15, 0.2) is 5.78 Å². The fourth-order valence-corrected chi connectivity index (χ4v) is 4.47. The largest absolute Gasteiger partial charge is 0.481 e. The number of halogens is 1. The van der Waals surface area contributed by atoms with E-state index in [4.69, 9.17) is 0 Å². The third-order valence-corrected chi connectivity index (χ3v) is 5.64. The number of carboxylic acids is 1. The zero-order valence-corrected chi connectivity index (χ0v) is 15.1. The van der Waals surface area contributed by atoms with E-state index in [9.17, 15) is 14.7 Å². The van der Waals surface area contributed by atoms with Crippen molar-refractivity contribution < 1.29 is 14.7 Å². The Morgan fingerprint density at radius 3 is 2.00 bits per heavy atom. The standard InChI is InChI=1S/C21H21NO3.ClH/c23-20-16-11-12-22(13-17(16)21(24)25)19(20)18(14-7-3-1-4-8-14)15-9-5-2-6-10-15;/h1-10,16-19H,11-13H2,(H,24,25);1H/t16-,17-,19?;/m0./s1. The first-order valence-corrected chi connectivity index (χ1v) is 8.77. The number of carbonyl (C=O) groups excluding carboxylic acids is 1. The molecule has 0 spiro atoms. The minimum Gasteiger partial charge on any atom is -0.481 e. The summed E-state index contributed by atoms with van der Waals surface area (Å²) in [7, 11) is 0. The van der Waals surface area contributed by atoms with Crippen LogP contribution in [0.4, 0.5) is 0 Å². The molecule has 26 heavy (non-hydrogen) atoms. The molecule has 0 radical (unpaired) electrons. The molecule has 1 N–H and O–H groups in total. The number of nitrogens with zero attached hydrogens (tertiary/aromatic N) is 1. The zero-order valence-electron chi connectivity index (χ0n) is 14.3. The molecule has 3 aliphatic heterocycles. The van der Waals surface area contributed by atoms with Crippen LogP contribution < -0.4 is 0 Å². The number of ketones is 1. The van der Waals surface area contributed by atoms with Crippen molar-refractivity contribution in [3.05, 3.63) is 71.8 Å². The first kappa shape index (κ1) is 18.6. The summed E-state index contributed by atoms with van der Waals surface area (Å²) in [5.74, 6) is -1.75. The minimum absolute atomic E-state index is 0. The normalized spacial score (nSPS) is 27.2. The number of benzene rings is 2. The molecule has 3 saturated heterocycles. The third-order valence-electron chi connectivity index (χ3n) is 5.64. The van der Waals surface area contributed by atoms with E-state index in [1.54, 1.807) is 0 Å². The zero-order chi connectivity index (χ0) is 17.4. The van der Waals surface area contributed by atoms with Crippen molar-refractivity contribution in [2.45, 2.75) is 18.4 Å². The van der Waals surface area contributed by atoms with Crippen LogP contribution in [0.15, 0.2) is 60.7 Å². The monoisotopic (exact) mass is 371 g/mol. The number of fused-ring (bicyclic) bond motifs is 3. The summed E-state index contributed by atoms with van der Waals surface area (Å²) >= 11 is 0. The Balaban J connectivity index is 0.00000196. The Labute approximate surface area is 159 Å². The van der Waals surface area contributed by atoms with E-state index in [1.165, 1.54) is 0 Å². The van der Waals surface area contributed by atoms with Gasteiger partial charge in [0, 0.05) is 18.4 Å². The number of carboxylic acid groups (broad SMARTS) is 1. The van der Waals surface area contributed by atoms with Gasteiger partial charge in [-0.25, -0.2) is 0 Å². The van der Waals surface area contributed by atoms with Crippen molar-refractivity contribution in [3.63, 3.8) is 0 Å². The number of hydrogen-bond donors (Lipinski definition) is 1. The summed E-state index contributed by atoms with van der Waals surface area (Å²) in [6, 6.07) is 19.9. The lowest BCUT2D eigenvalue weighted by molar-refractivity contribution is -0.159. The van der Waals surface area contributed by atoms with Gasteiger partial charge in [0.05, 0.1) is 12.0 Å². The molecule has 3 heterocycles. The lowest BCUT2D eigenvalue weighted by Gasteiger charge is -2.49. The van der Waals surface area contributed by atoms with E-state index in [2.05, 4.69) is 29.2 Å². The second-order valence-corrected chi connectivity index (χ2v) is 6.98. The molecule has 2 unspecified atom stereocenters. The molecule has 0 saturated carbocycles. The summed E-state index contributed by atoms with van der Waals surface area (Å²) in [4.78, 5) is 26.8. The van der Waals surface area contributed by atoms with Gasteiger partial charge in [0.25, 0.3) is 0 Å². The van der Waals surface area contributed by atoms with Gasteiger partial charge < -0.3 is 5.11 Å². The molecule has 0 amide bonds. The summed E-state index contributed by atoms with van der Waals surface area (Å²) in [6.45, 7) is 1.26. The number of rotatable bonds is 4. The van der Waals surface area contributed by atoms with Gasteiger partial charge in [0.1, 0.15) is 0 Å². The molecule has 136 valence electrons. The van der Waals surface area contributed by atoms with Crippen LogP contribution in [0.1, 0.15) is 23.5 Å². The van der Waals surface area contributed by atoms with Crippen LogP contribution in [0.3, 0.4) is 0 Å². The molecule has 4 nitrogen and oxygen atoms in total. The van der Waals surface area contributed by atoms with Crippen molar-refractivity contribution in [2.24, 2.45) is 11.8 Å². The molecular formula is C21H22ClNO3. The number of hydrogen-bond acceptors (Lipinski definition) is 3. The van der Waals surface area contributed by atoms with Gasteiger partial charge in [-0.2, -0.15) is 0 Å². The molecule has 3 aliphatic rings. The SMILES string of the molecule is Cl.O=C(O)[C@H]1CN2CC[C@@H]1C(=O)C2C(c1ccccc1)c1ccccc1. The molecule has 3 fully saturated rings. The highest BCUT2D eigenvalue weighted by Gasteiger charge is 2.52. The van der Waals surface area contributed by atoms with Crippen LogP contribution in [0.25, 0.3) is 0 Å². The molecule has 5 rings (SSSR count). The van der Waals surface area contributed by atoms with E-state index in [0.717, 1.165) is 17.7 Å². The van der Waals surface area contributed by atoms with Crippen LogP contribution in [-0.4, -0.2) is 40.9 Å². The lowest BCUT2D eigenvalue weighted by Crippen LogP contribution is -2.62. The fraction of sp³-hybridized carbons (Fsp3) is 0.333. The van der Waals surface area contributed by atoms with Gasteiger partial charge in [-0.15, -0.1) is 12.4 Å². The van der Waals surface area contributed by atoms with Crippen LogP contribution >= 0.6 is 12.4 Å². The molecule has 4 atom stereocenters. The molecule has 0 aliphatic carbocycles. The summed E-state index contributed by atoms with van der Waals surface area (Å²) < 4.78 is 0.